The minimum absolute atomic E-state index is 0.211. The van der Waals surface area contributed by atoms with Gasteiger partial charge in [0.1, 0.15) is 0 Å². The van der Waals surface area contributed by atoms with Crippen LogP contribution in [0.15, 0.2) is 42.5 Å². The summed E-state index contributed by atoms with van der Waals surface area (Å²) in [6.07, 6.45) is 1.25. The molecule has 2 aromatic carbocycles. The smallest absolute Gasteiger partial charge is 0.266 e. The van der Waals surface area contributed by atoms with Gasteiger partial charge in [0.05, 0.1) is 22.1 Å². The first-order valence-corrected chi connectivity index (χ1v) is 12.0. The van der Waals surface area contributed by atoms with E-state index >= 15 is 0 Å². The van der Waals surface area contributed by atoms with Gasteiger partial charge in [-0.15, -0.1) is 0 Å². The van der Waals surface area contributed by atoms with Crippen LogP contribution in [0.2, 0.25) is 0 Å². The van der Waals surface area contributed by atoms with Crippen molar-refractivity contribution in [2.75, 3.05) is 16.8 Å². The molecule has 0 saturated carbocycles. The molecule has 3 amide bonds. The number of rotatable bonds is 9. The lowest BCUT2D eigenvalue weighted by molar-refractivity contribution is -0.116. The molecule has 0 fully saturated rings. The van der Waals surface area contributed by atoms with Crippen LogP contribution in [0.5, 0.6) is 0 Å². The Hall–Kier alpha value is -3.04. The highest BCUT2D eigenvalue weighted by Gasteiger charge is 2.36. The van der Waals surface area contributed by atoms with E-state index in [1.165, 1.54) is 6.07 Å². The first kappa shape index (κ1) is 23.6. The Bertz CT molecular complexity index is 1140. The van der Waals surface area contributed by atoms with Crippen LogP contribution in [0.3, 0.4) is 0 Å². The van der Waals surface area contributed by atoms with Crippen LogP contribution in [0.4, 0.5) is 11.4 Å². The molecule has 0 atom stereocenters. The Kier molecular flexibility index (Phi) is 7.10. The van der Waals surface area contributed by atoms with Gasteiger partial charge < -0.3 is 5.32 Å². The normalized spacial score (nSPS) is 13.6. The monoisotopic (exact) mass is 457 g/mol. The van der Waals surface area contributed by atoms with E-state index in [9.17, 15) is 22.8 Å². The number of benzene rings is 2. The zero-order valence-corrected chi connectivity index (χ0v) is 19.2. The van der Waals surface area contributed by atoms with Crippen LogP contribution >= 0.6 is 0 Å². The molecule has 0 aromatic heterocycles. The Morgan fingerprint density at radius 2 is 1.62 bits per heavy atom. The molecule has 1 aliphatic heterocycles. The third kappa shape index (κ3) is 5.23. The predicted octanol–water partition coefficient (Wildman–Crippen LogP) is 3.23. The summed E-state index contributed by atoms with van der Waals surface area (Å²) in [6.45, 7) is 5.40. The fourth-order valence-electron chi connectivity index (χ4n) is 3.26. The first-order chi connectivity index (χ1) is 15.1. The Labute approximate surface area is 188 Å². The van der Waals surface area contributed by atoms with Gasteiger partial charge in [0.2, 0.25) is 15.9 Å². The van der Waals surface area contributed by atoms with E-state index in [-0.39, 0.29) is 24.4 Å². The SMILES string of the molecule is Cc1ccc(N2C(=O)c3ccc(NC(=O)CCCCNS(=O)(=O)C(C)C)cc3C2=O)cc1. The average Bonchev–Trinajstić information content (AvgIpc) is 2.98. The van der Waals surface area contributed by atoms with Crippen molar-refractivity contribution in [3.05, 3.63) is 59.2 Å². The van der Waals surface area contributed by atoms with Crippen LogP contribution in [0, 0.1) is 6.92 Å². The molecular weight excluding hydrogens is 430 g/mol. The van der Waals surface area contributed by atoms with Gasteiger partial charge in [0.25, 0.3) is 11.8 Å². The summed E-state index contributed by atoms with van der Waals surface area (Å²) in [4.78, 5) is 38.9. The number of nitrogens with one attached hydrogen (secondary N) is 2. The number of imide groups is 1. The fourth-order valence-corrected chi connectivity index (χ4v) is 4.02. The molecule has 1 aliphatic rings. The number of fused-ring (bicyclic) bond motifs is 1. The van der Waals surface area contributed by atoms with E-state index in [0.717, 1.165) is 10.5 Å². The lowest BCUT2D eigenvalue weighted by atomic mass is 10.1. The van der Waals surface area contributed by atoms with E-state index in [4.69, 9.17) is 0 Å². The maximum Gasteiger partial charge on any atom is 0.266 e. The largest absolute Gasteiger partial charge is 0.326 e. The zero-order chi connectivity index (χ0) is 23.5. The lowest BCUT2D eigenvalue weighted by Crippen LogP contribution is -2.31. The summed E-state index contributed by atoms with van der Waals surface area (Å²) >= 11 is 0. The number of hydrogen-bond donors (Lipinski definition) is 2. The zero-order valence-electron chi connectivity index (χ0n) is 18.3. The number of anilines is 2. The lowest BCUT2D eigenvalue weighted by Gasteiger charge is -2.13. The van der Waals surface area contributed by atoms with Crippen LogP contribution in [0.25, 0.3) is 0 Å². The van der Waals surface area contributed by atoms with E-state index in [1.54, 1.807) is 38.1 Å². The highest BCUT2D eigenvalue weighted by molar-refractivity contribution is 7.90. The standard InChI is InChI=1S/C23H27N3O5S/c1-15(2)32(30,31)24-13-5-4-6-21(27)25-17-9-12-19-20(14-17)23(29)26(22(19)28)18-10-7-16(3)8-11-18/h7-12,14-15,24H,4-6,13H2,1-3H3,(H,25,27). The second kappa shape index (κ2) is 9.62. The van der Waals surface area contributed by atoms with Gasteiger partial charge >= 0.3 is 0 Å². The quantitative estimate of drug-likeness (QED) is 0.443. The van der Waals surface area contributed by atoms with Crippen molar-refractivity contribution in [2.45, 2.75) is 45.3 Å². The molecule has 32 heavy (non-hydrogen) atoms. The molecule has 9 heteroatoms. The number of unbranched alkanes of at least 4 members (excludes halogenated alkanes) is 1. The number of aryl methyl sites for hydroxylation is 1. The summed E-state index contributed by atoms with van der Waals surface area (Å²) in [6, 6.07) is 11.8. The summed E-state index contributed by atoms with van der Waals surface area (Å²) in [5, 5.41) is 2.24. The molecule has 2 N–H and O–H groups in total. The second-order valence-corrected chi connectivity index (χ2v) is 10.4. The van der Waals surface area contributed by atoms with Gasteiger partial charge in [-0.3, -0.25) is 14.4 Å². The molecule has 8 nitrogen and oxygen atoms in total. The molecule has 2 aromatic rings. The number of hydrogen-bond acceptors (Lipinski definition) is 5. The molecular formula is C23H27N3O5S. The molecule has 0 bridgehead atoms. The number of sulfonamides is 1. The summed E-state index contributed by atoms with van der Waals surface area (Å²) in [5.74, 6) is -1.07. The van der Waals surface area contributed by atoms with E-state index < -0.39 is 27.1 Å². The van der Waals surface area contributed by atoms with Crippen LogP contribution in [0.1, 0.15) is 59.4 Å². The average molecular weight is 458 g/mol. The summed E-state index contributed by atoms with van der Waals surface area (Å²) in [7, 11) is -3.30. The number of amides is 3. The predicted molar refractivity (Wildman–Crippen MR) is 123 cm³/mol. The first-order valence-electron chi connectivity index (χ1n) is 10.5. The van der Waals surface area contributed by atoms with Crippen molar-refractivity contribution in [1.82, 2.24) is 4.72 Å². The molecule has 0 saturated heterocycles. The van der Waals surface area contributed by atoms with Crippen LogP contribution in [-0.2, 0) is 14.8 Å². The van der Waals surface area contributed by atoms with Gasteiger partial charge in [-0.05, 0) is 63.9 Å². The summed E-state index contributed by atoms with van der Waals surface area (Å²) in [5.41, 5.74) is 2.50. The maximum atomic E-state index is 12.8. The van der Waals surface area contributed by atoms with Crippen LogP contribution in [-0.4, -0.2) is 37.9 Å². The second-order valence-electron chi connectivity index (χ2n) is 8.04. The minimum atomic E-state index is -3.30. The van der Waals surface area contributed by atoms with Gasteiger partial charge in [0.15, 0.2) is 0 Å². The van der Waals surface area contributed by atoms with Crippen molar-refractivity contribution in [3.8, 4) is 0 Å². The Balaban J connectivity index is 1.57. The van der Waals surface area contributed by atoms with Crippen molar-refractivity contribution in [1.29, 1.82) is 0 Å². The van der Waals surface area contributed by atoms with Crippen molar-refractivity contribution < 1.29 is 22.8 Å². The maximum absolute atomic E-state index is 12.8. The van der Waals surface area contributed by atoms with E-state index in [2.05, 4.69) is 10.0 Å². The molecule has 3 rings (SSSR count). The number of carbonyl (C=O) groups is 3. The highest BCUT2D eigenvalue weighted by atomic mass is 32.2. The van der Waals surface area contributed by atoms with Crippen molar-refractivity contribution in [2.24, 2.45) is 0 Å². The topological polar surface area (TPSA) is 113 Å². The molecule has 0 spiro atoms. The highest BCUT2D eigenvalue weighted by Crippen LogP contribution is 2.30. The van der Waals surface area contributed by atoms with Gasteiger partial charge in [-0.2, -0.15) is 0 Å². The third-order valence-electron chi connectivity index (χ3n) is 5.22. The number of nitrogens with zero attached hydrogens (tertiary/aromatic N) is 1. The summed E-state index contributed by atoms with van der Waals surface area (Å²) < 4.78 is 25.9. The molecule has 170 valence electrons. The van der Waals surface area contributed by atoms with Crippen molar-refractivity contribution in [3.63, 3.8) is 0 Å². The van der Waals surface area contributed by atoms with Gasteiger partial charge in [-0.1, -0.05) is 17.7 Å². The number of carbonyl (C=O) groups excluding carboxylic acids is 3. The third-order valence-corrected chi connectivity index (χ3v) is 7.06. The van der Waals surface area contributed by atoms with Crippen molar-refractivity contribution >= 4 is 39.1 Å². The molecule has 1 heterocycles. The van der Waals surface area contributed by atoms with Crippen LogP contribution < -0.4 is 14.9 Å². The fraction of sp³-hybridized carbons (Fsp3) is 0.348. The van der Waals surface area contributed by atoms with Gasteiger partial charge in [0, 0.05) is 18.7 Å². The Morgan fingerprint density at radius 1 is 0.969 bits per heavy atom. The van der Waals surface area contributed by atoms with E-state index in [1.807, 2.05) is 19.1 Å². The van der Waals surface area contributed by atoms with E-state index in [0.29, 0.717) is 29.8 Å². The minimum Gasteiger partial charge on any atom is -0.326 e. The molecule has 0 aliphatic carbocycles. The molecule has 0 radical (unpaired) electrons. The van der Waals surface area contributed by atoms with Gasteiger partial charge in [-0.25, -0.2) is 18.0 Å². The Morgan fingerprint density at radius 3 is 2.28 bits per heavy atom. The molecule has 0 unspecified atom stereocenters.